The number of methoxy groups -OCH3 is 1. The van der Waals surface area contributed by atoms with Gasteiger partial charge in [-0.05, 0) is 25.8 Å². The summed E-state index contributed by atoms with van der Waals surface area (Å²) in [5.41, 5.74) is 0. The number of nitrogens with one attached hydrogen (secondary N) is 1. The summed E-state index contributed by atoms with van der Waals surface area (Å²) in [6, 6.07) is 0.646. The molecule has 1 N–H and O–H groups in total. The Hall–Kier alpha value is -0.610. The lowest BCUT2D eigenvalue weighted by Crippen LogP contribution is -2.42. The van der Waals surface area contributed by atoms with Crippen LogP contribution in [0.4, 0.5) is 0 Å². The summed E-state index contributed by atoms with van der Waals surface area (Å²) in [5.74, 6) is -0.156. The highest BCUT2D eigenvalue weighted by Crippen LogP contribution is 2.25. The minimum atomic E-state index is -0.156. The monoisotopic (exact) mass is 228 g/mol. The number of carbonyl (C=O) groups excluding carboxylic acids is 1. The molecule has 1 aliphatic rings. The summed E-state index contributed by atoms with van der Waals surface area (Å²) in [6.45, 7) is 7.16. The lowest BCUT2D eigenvalue weighted by Gasteiger charge is -2.21. The van der Waals surface area contributed by atoms with Gasteiger partial charge in [-0.1, -0.05) is 13.8 Å². The molecule has 0 aromatic rings. The quantitative estimate of drug-likeness (QED) is 0.630. The molecule has 1 aliphatic carbocycles. The van der Waals surface area contributed by atoms with Gasteiger partial charge in [0.25, 0.3) is 0 Å². The predicted octanol–water partition coefficient (Wildman–Crippen LogP) is 1.01. The number of esters is 1. The summed E-state index contributed by atoms with van der Waals surface area (Å²) >= 11 is 0. The Labute approximate surface area is 98.3 Å². The molecule has 1 fully saturated rings. The zero-order valence-corrected chi connectivity index (χ0v) is 10.7. The van der Waals surface area contributed by atoms with E-state index in [2.05, 4.69) is 17.1 Å². The lowest BCUT2D eigenvalue weighted by molar-refractivity contribution is -0.143. The molecule has 4 nitrogen and oxygen atoms in total. The first-order chi connectivity index (χ1) is 7.72. The summed E-state index contributed by atoms with van der Waals surface area (Å²) < 4.78 is 4.73. The van der Waals surface area contributed by atoms with Crippen molar-refractivity contribution in [2.75, 3.05) is 26.7 Å². The van der Waals surface area contributed by atoms with E-state index in [1.165, 1.54) is 20.0 Å². The van der Waals surface area contributed by atoms with Gasteiger partial charge >= 0.3 is 5.97 Å². The SMILES string of the molecule is CCC(NCCN(CC)C1CC1)C(=O)OC. The maximum atomic E-state index is 11.3. The fraction of sp³-hybridized carbons (Fsp3) is 0.917. The summed E-state index contributed by atoms with van der Waals surface area (Å²) in [4.78, 5) is 13.8. The molecule has 4 heteroatoms. The van der Waals surface area contributed by atoms with Crippen LogP contribution in [0, 0.1) is 0 Å². The van der Waals surface area contributed by atoms with E-state index in [0.29, 0.717) is 0 Å². The molecule has 0 bridgehead atoms. The Balaban J connectivity index is 2.18. The molecule has 0 amide bonds. The van der Waals surface area contributed by atoms with E-state index in [1.807, 2.05) is 6.92 Å². The summed E-state index contributed by atoms with van der Waals surface area (Å²) in [6.07, 6.45) is 3.45. The average Bonchev–Trinajstić information content (AvgIpc) is 3.13. The molecule has 0 spiro atoms. The Morgan fingerprint density at radius 3 is 2.62 bits per heavy atom. The van der Waals surface area contributed by atoms with Crippen LogP contribution in [-0.2, 0) is 9.53 Å². The van der Waals surface area contributed by atoms with Gasteiger partial charge in [0, 0.05) is 19.1 Å². The van der Waals surface area contributed by atoms with Crippen LogP contribution in [0.3, 0.4) is 0 Å². The van der Waals surface area contributed by atoms with Crippen molar-refractivity contribution in [3.8, 4) is 0 Å². The highest BCUT2D eigenvalue weighted by atomic mass is 16.5. The molecule has 0 heterocycles. The van der Waals surface area contributed by atoms with E-state index in [9.17, 15) is 4.79 Å². The first-order valence-electron chi connectivity index (χ1n) is 6.28. The van der Waals surface area contributed by atoms with Gasteiger partial charge in [-0.15, -0.1) is 0 Å². The number of carbonyl (C=O) groups is 1. The van der Waals surface area contributed by atoms with Crippen LogP contribution in [0.15, 0.2) is 0 Å². The first kappa shape index (κ1) is 13.5. The molecule has 94 valence electrons. The standard InChI is InChI=1S/C12H24N2O2/c1-4-11(12(15)16-3)13-8-9-14(5-2)10-6-7-10/h10-11,13H,4-9H2,1-3H3. The minimum absolute atomic E-state index is 0.150. The van der Waals surface area contributed by atoms with Gasteiger partial charge < -0.3 is 10.1 Å². The van der Waals surface area contributed by atoms with Gasteiger partial charge in [0.1, 0.15) is 6.04 Å². The number of rotatable bonds is 8. The van der Waals surface area contributed by atoms with Crippen molar-refractivity contribution >= 4 is 5.97 Å². The van der Waals surface area contributed by atoms with Crippen molar-refractivity contribution in [3.63, 3.8) is 0 Å². The van der Waals surface area contributed by atoms with E-state index in [0.717, 1.165) is 32.1 Å². The number of hydrogen-bond donors (Lipinski definition) is 1. The third-order valence-corrected chi connectivity index (χ3v) is 3.15. The second-order valence-electron chi connectivity index (χ2n) is 4.30. The molecule has 1 rings (SSSR count). The Kier molecular flexibility index (Phi) is 5.77. The second-order valence-corrected chi connectivity index (χ2v) is 4.30. The molecule has 0 aromatic heterocycles. The lowest BCUT2D eigenvalue weighted by atomic mass is 10.2. The largest absolute Gasteiger partial charge is 0.468 e. The molecular formula is C12H24N2O2. The van der Waals surface area contributed by atoms with Crippen LogP contribution in [0.1, 0.15) is 33.1 Å². The predicted molar refractivity (Wildman–Crippen MR) is 64.4 cm³/mol. The number of ether oxygens (including phenoxy) is 1. The second kappa shape index (κ2) is 6.86. The number of hydrogen-bond acceptors (Lipinski definition) is 4. The summed E-state index contributed by atoms with van der Waals surface area (Å²) in [5, 5.41) is 3.25. The van der Waals surface area contributed by atoms with Crippen molar-refractivity contribution in [1.29, 1.82) is 0 Å². The number of likely N-dealkylation sites (N-methyl/N-ethyl adjacent to an activating group) is 1. The van der Waals surface area contributed by atoms with E-state index >= 15 is 0 Å². The van der Waals surface area contributed by atoms with E-state index in [-0.39, 0.29) is 12.0 Å². The fourth-order valence-electron chi connectivity index (χ4n) is 1.96. The highest BCUT2D eigenvalue weighted by molar-refractivity contribution is 5.75. The molecule has 0 radical (unpaired) electrons. The Bertz CT molecular complexity index is 217. The van der Waals surface area contributed by atoms with Crippen molar-refractivity contribution < 1.29 is 9.53 Å². The van der Waals surface area contributed by atoms with Gasteiger partial charge in [0.15, 0.2) is 0 Å². The molecule has 1 saturated carbocycles. The zero-order chi connectivity index (χ0) is 12.0. The van der Waals surface area contributed by atoms with Gasteiger partial charge in [0.05, 0.1) is 7.11 Å². The fourth-order valence-corrected chi connectivity index (χ4v) is 1.96. The molecular weight excluding hydrogens is 204 g/mol. The van der Waals surface area contributed by atoms with Gasteiger partial charge in [0.2, 0.25) is 0 Å². The minimum Gasteiger partial charge on any atom is -0.468 e. The smallest absolute Gasteiger partial charge is 0.322 e. The molecule has 16 heavy (non-hydrogen) atoms. The van der Waals surface area contributed by atoms with Crippen LogP contribution in [0.2, 0.25) is 0 Å². The molecule has 0 aliphatic heterocycles. The first-order valence-corrected chi connectivity index (χ1v) is 6.28. The normalized spacial score (nSPS) is 17.5. The summed E-state index contributed by atoms with van der Waals surface area (Å²) in [7, 11) is 1.44. The maximum Gasteiger partial charge on any atom is 0.322 e. The van der Waals surface area contributed by atoms with Gasteiger partial charge in [-0.25, -0.2) is 0 Å². The van der Waals surface area contributed by atoms with E-state index in [1.54, 1.807) is 0 Å². The van der Waals surface area contributed by atoms with Crippen molar-refractivity contribution in [3.05, 3.63) is 0 Å². The van der Waals surface area contributed by atoms with Crippen molar-refractivity contribution in [1.82, 2.24) is 10.2 Å². The van der Waals surface area contributed by atoms with Crippen LogP contribution in [-0.4, -0.2) is 49.7 Å². The van der Waals surface area contributed by atoms with Gasteiger partial charge in [-0.2, -0.15) is 0 Å². The van der Waals surface area contributed by atoms with Crippen LogP contribution in [0.5, 0.6) is 0 Å². The average molecular weight is 228 g/mol. The topological polar surface area (TPSA) is 41.6 Å². The molecule has 0 saturated heterocycles. The maximum absolute atomic E-state index is 11.3. The van der Waals surface area contributed by atoms with Crippen LogP contribution in [0.25, 0.3) is 0 Å². The third kappa shape index (κ3) is 4.10. The highest BCUT2D eigenvalue weighted by Gasteiger charge is 2.27. The Morgan fingerprint density at radius 2 is 2.19 bits per heavy atom. The molecule has 1 atom stereocenters. The van der Waals surface area contributed by atoms with E-state index in [4.69, 9.17) is 4.74 Å². The third-order valence-electron chi connectivity index (χ3n) is 3.15. The Morgan fingerprint density at radius 1 is 1.50 bits per heavy atom. The van der Waals surface area contributed by atoms with Crippen molar-refractivity contribution in [2.24, 2.45) is 0 Å². The molecule has 0 aromatic carbocycles. The molecule has 1 unspecified atom stereocenters. The van der Waals surface area contributed by atoms with Crippen LogP contribution < -0.4 is 5.32 Å². The van der Waals surface area contributed by atoms with Crippen LogP contribution >= 0.6 is 0 Å². The zero-order valence-electron chi connectivity index (χ0n) is 10.7. The van der Waals surface area contributed by atoms with E-state index < -0.39 is 0 Å². The van der Waals surface area contributed by atoms with Gasteiger partial charge in [-0.3, -0.25) is 9.69 Å². The van der Waals surface area contributed by atoms with Crippen molar-refractivity contribution in [2.45, 2.75) is 45.2 Å². The number of nitrogens with zero attached hydrogens (tertiary/aromatic N) is 1.